The molecule has 7 nitrogen and oxygen atoms in total. The number of para-hydroxylation sites is 1. The van der Waals surface area contributed by atoms with Gasteiger partial charge in [0.15, 0.2) is 16.1 Å². The molecule has 9 heteroatoms. The third-order valence-corrected chi connectivity index (χ3v) is 5.89. The Hall–Kier alpha value is -2.39. The summed E-state index contributed by atoms with van der Waals surface area (Å²) in [4.78, 5) is 16.6. The Bertz CT molecular complexity index is 937. The molecule has 1 amide bonds. The number of ether oxygens (including phenoxy) is 1. The van der Waals surface area contributed by atoms with Crippen molar-refractivity contribution in [2.75, 3.05) is 5.32 Å². The second kappa shape index (κ2) is 8.53. The Morgan fingerprint density at radius 2 is 2.11 bits per heavy atom. The van der Waals surface area contributed by atoms with Crippen LogP contribution in [-0.2, 0) is 18.4 Å². The molecule has 0 saturated heterocycles. The summed E-state index contributed by atoms with van der Waals surface area (Å²) in [5.74, 6) is 1.40. The van der Waals surface area contributed by atoms with Crippen LogP contribution in [0.5, 0.6) is 5.75 Å². The molecule has 0 aliphatic rings. The number of anilines is 1. The van der Waals surface area contributed by atoms with E-state index < -0.39 is 0 Å². The standard InChI is InChI=1S/C18H21N5O2S2/c1-11-7-5-6-8-14(11)25-9-15-21-22-18(23(15)4)27-13(3)16(24)20-17-19-12(2)10-26-17/h5-8,10,13H,9H2,1-4H3,(H,19,20,24)/t13-/m0/s1. The number of amides is 1. The Kier molecular flexibility index (Phi) is 6.12. The second-order valence-corrected chi connectivity index (χ2v) is 8.22. The van der Waals surface area contributed by atoms with E-state index in [1.165, 1.54) is 23.1 Å². The van der Waals surface area contributed by atoms with Crippen molar-refractivity contribution in [1.82, 2.24) is 19.7 Å². The molecule has 1 aromatic carbocycles. The van der Waals surface area contributed by atoms with Crippen molar-refractivity contribution in [3.8, 4) is 5.75 Å². The summed E-state index contributed by atoms with van der Waals surface area (Å²) in [7, 11) is 1.87. The molecule has 27 heavy (non-hydrogen) atoms. The summed E-state index contributed by atoms with van der Waals surface area (Å²) < 4.78 is 7.68. The molecule has 142 valence electrons. The molecule has 0 aliphatic heterocycles. The largest absolute Gasteiger partial charge is 0.485 e. The molecule has 0 aliphatic carbocycles. The van der Waals surface area contributed by atoms with Gasteiger partial charge in [0.25, 0.3) is 0 Å². The smallest absolute Gasteiger partial charge is 0.239 e. The SMILES string of the molecule is Cc1csc(NC(=O)[C@H](C)Sc2nnc(COc3ccccc3C)n2C)n1. The molecule has 0 unspecified atom stereocenters. The number of carbonyl (C=O) groups is 1. The lowest BCUT2D eigenvalue weighted by molar-refractivity contribution is -0.115. The van der Waals surface area contributed by atoms with E-state index >= 15 is 0 Å². The first-order chi connectivity index (χ1) is 12.9. The van der Waals surface area contributed by atoms with Crippen LogP contribution in [0.25, 0.3) is 0 Å². The molecular weight excluding hydrogens is 382 g/mol. The van der Waals surface area contributed by atoms with Crippen molar-refractivity contribution in [3.05, 3.63) is 46.7 Å². The van der Waals surface area contributed by atoms with Gasteiger partial charge in [-0.2, -0.15) is 0 Å². The number of hydrogen-bond donors (Lipinski definition) is 1. The zero-order valence-corrected chi connectivity index (χ0v) is 17.2. The van der Waals surface area contributed by atoms with Crippen LogP contribution >= 0.6 is 23.1 Å². The topological polar surface area (TPSA) is 81.9 Å². The fraction of sp³-hybridized carbons (Fsp3) is 0.333. The number of thioether (sulfide) groups is 1. The molecule has 1 atom stereocenters. The highest BCUT2D eigenvalue weighted by Crippen LogP contribution is 2.24. The summed E-state index contributed by atoms with van der Waals surface area (Å²) in [5.41, 5.74) is 1.96. The molecule has 3 aromatic rings. The number of aryl methyl sites for hydroxylation is 2. The van der Waals surface area contributed by atoms with Gasteiger partial charge in [0, 0.05) is 12.4 Å². The minimum atomic E-state index is -0.331. The van der Waals surface area contributed by atoms with E-state index in [0.717, 1.165) is 17.0 Å². The number of nitrogens with zero attached hydrogens (tertiary/aromatic N) is 4. The van der Waals surface area contributed by atoms with Gasteiger partial charge in [0.05, 0.1) is 10.9 Å². The van der Waals surface area contributed by atoms with Crippen LogP contribution in [0.2, 0.25) is 0 Å². The van der Waals surface area contributed by atoms with Crippen LogP contribution < -0.4 is 10.1 Å². The zero-order chi connectivity index (χ0) is 19.4. The fourth-order valence-electron chi connectivity index (χ4n) is 2.26. The molecular formula is C18H21N5O2S2. The van der Waals surface area contributed by atoms with Crippen molar-refractivity contribution in [1.29, 1.82) is 0 Å². The van der Waals surface area contributed by atoms with Crippen LogP contribution in [0.3, 0.4) is 0 Å². The lowest BCUT2D eigenvalue weighted by Gasteiger charge is -2.11. The quantitative estimate of drug-likeness (QED) is 0.607. The van der Waals surface area contributed by atoms with Gasteiger partial charge < -0.3 is 14.6 Å². The Morgan fingerprint density at radius 1 is 1.33 bits per heavy atom. The first kappa shape index (κ1) is 19.4. The maximum atomic E-state index is 12.3. The molecule has 0 radical (unpaired) electrons. The molecule has 0 fully saturated rings. The van der Waals surface area contributed by atoms with E-state index in [-0.39, 0.29) is 11.2 Å². The number of benzene rings is 1. The van der Waals surface area contributed by atoms with Crippen LogP contribution in [0.15, 0.2) is 34.8 Å². The van der Waals surface area contributed by atoms with Gasteiger partial charge >= 0.3 is 0 Å². The molecule has 2 heterocycles. The van der Waals surface area contributed by atoms with Crippen molar-refractivity contribution in [2.24, 2.45) is 7.05 Å². The van der Waals surface area contributed by atoms with E-state index in [1.807, 2.05) is 62.0 Å². The average molecular weight is 404 g/mol. The number of nitrogens with one attached hydrogen (secondary N) is 1. The van der Waals surface area contributed by atoms with Crippen LogP contribution in [0, 0.1) is 13.8 Å². The highest BCUT2D eigenvalue weighted by Gasteiger charge is 2.20. The molecule has 1 N–H and O–H groups in total. The summed E-state index contributed by atoms with van der Waals surface area (Å²) in [6, 6.07) is 7.83. The maximum Gasteiger partial charge on any atom is 0.239 e. The normalized spacial score (nSPS) is 12.0. The molecule has 0 saturated carbocycles. The van der Waals surface area contributed by atoms with Crippen molar-refractivity contribution in [3.63, 3.8) is 0 Å². The van der Waals surface area contributed by atoms with E-state index in [0.29, 0.717) is 22.7 Å². The lowest BCUT2D eigenvalue weighted by Crippen LogP contribution is -2.22. The van der Waals surface area contributed by atoms with Crippen molar-refractivity contribution < 1.29 is 9.53 Å². The number of hydrogen-bond acceptors (Lipinski definition) is 7. The maximum absolute atomic E-state index is 12.3. The van der Waals surface area contributed by atoms with Gasteiger partial charge in [0.1, 0.15) is 12.4 Å². The predicted octanol–water partition coefficient (Wildman–Crippen LogP) is 3.59. The van der Waals surface area contributed by atoms with Gasteiger partial charge in [0.2, 0.25) is 5.91 Å². The van der Waals surface area contributed by atoms with Gasteiger partial charge in [-0.25, -0.2) is 4.98 Å². The third kappa shape index (κ3) is 4.86. The Morgan fingerprint density at radius 3 is 2.81 bits per heavy atom. The molecule has 0 bridgehead atoms. The third-order valence-electron chi connectivity index (χ3n) is 3.88. The Balaban J connectivity index is 1.59. The van der Waals surface area contributed by atoms with E-state index in [2.05, 4.69) is 20.5 Å². The monoisotopic (exact) mass is 403 g/mol. The summed E-state index contributed by atoms with van der Waals surface area (Å²) >= 11 is 2.76. The first-order valence-electron chi connectivity index (χ1n) is 8.40. The van der Waals surface area contributed by atoms with Crippen LogP contribution in [0.4, 0.5) is 5.13 Å². The minimum Gasteiger partial charge on any atom is -0.485 e. The summed E-state index contributed by atoms with van der Waals surface area (Å²) in [6.45, 7) is 6.04. The van der Waals surface area contributed by atoms with Crippen molar-refractivity contribution >= 4 is 34.1 Å². The average Bonchev–Trinajstić information content (AvgIpc) is 3.20. The van der Waals surface area contributed by atoms with E-state index in [4.69, 9.17) is 4.74 Å². The highest BCUT2D eigenvalue weighted by atomic mass is 32.2. The summed E-state index contributed by atoms with van der Waals surface area (Å²) in [5, 5.41) is 14.0. The van der Waals surface area contributed by atoms with E-state index in [1.54, 1.807) is 0 Å². The summed E-state index contributed by atoms with van der Waals surface area (Å²) in [6.07, 6.45) is 0. The van der Waals surface area contributed by atoms with Crippen LogP contribution in [0.1, 0.15) is 24.0 Å². The number of thiazole rings is 1. The van der Waals surface area contributed by atoms with Gasteiger partial charge in [-0.15, -0.1) is 21.5 Å². The Labute approximate surface area is 166 Å². The molecule has 2 aromatic heterocycles. The fourth-order valence-corrected chi connectivity index (χ4v) is 3.79. The highest BCUT2D eigenvalue weighted by molar-refractivity contribution is 8.00. The number of carbonyl (C=O) groups excluding carboxylic acids is 1. The van der Waals surface area contributed by atoms with Gasteiger partial charge in [-0.3, -0.25) is 4.79 Å². The van der Waals surface area contributed by atoms with Crippen molar-refractivity contribution in [2.45, 2.75) is 37.8 Å². The minimum absolute atomic E-state index is 0.116. The number of rotatable bonds is 7. The van der Waals surface area contributed by atoms with E-state index in [9.17, 15) is 4.79 Å². The second-order valence-electron chi connectivity index (χ2n) is 6.06. The predicted molar refractivity (Wildman–Crippen MR) is 107 cm³/mol. The molecule has 3 rings (SSSR count). The molecule has 0 spiro atoms. The first-order valence-corrected chi connectivity index (χ1v) is 10.2. The lowest BCUT2D eigenvalue weighted by atomic mass is 10.2. The van der Waals surface area contributed by atoms with Gasteiger partial charge in [-0.1, -0.05) is 30.0 Å². The zero-order valence-electron chi connectivity index (χ0n) is 15.6. The van der Waals surface area contributed by atoms with Crippen LogP contribution in [-0.4, -0.2) is 30.9 Å². The number of aromatic nitrogens is 4. The van der Waals surface area contributed by atoms with Gasteiger partial charge in [-0.05, 0) is 32.4 Å².